The van der Waals surface area contributed by atoms with Gasteiger partial charge in [0.1, 0.15) is 5.75 Å². The lowest BCUT2D eigenvalue weighted by molar-refractivity contribution is 0.479. The Hall–Kier alpha value is -0.900. The van der Waals surface area contributed by atoms with Crippen molar-refractivity contribution in [2.45, 2.75) is 20.0 Å². The van der Waals surface area contributed by atoms with Crippen LogP contribution in [0.25, 0.3) is 0 Å². The molecule has 2 aromatic rings. The molecule has 0 aliphatic carbocycles. The summed E-state index contributed by atoms with van der Waals surface area (Å²) in [5.41, 5.74) is 3.98. The van der Waals surface area contributed by atoms with Gasteiger partial charge in [-0.1, -0.05) is 38.4 Å². The summed E-state index contributed by atoms with van der Waals surface area (Å²) in [6, 6.07) is 12.4. The summed E-state index contributed by atoms with van der Waals surface area (Å²) >= 11 is 0. The van der Waals surface area contributed by atoms with Crippen LogP contribution in [0.3, 0.4) is 0 Å². The van der Waals surface area contributed by atoms with E-state index in [0.717, 1.165) is 11.5 Å². The predicted molar refractivity (Wildman–Crippen MR) is 94.1 cm³/mol. The quantitative estimate of drug-likeness (QED) is 0.850. The second-order valence-corrected chi connectivity index (χ2v) is 9.26. The molecule has 2 rings (SSSR count). The maximum atomic E-state index is 10.1. The first-order valence-corrected chi connectivity index (χ1v) is 10.2. The van der Waals surface area contributed by atoms with E-state index in [2.05, 4.69) is 51.4 Å². The van der Waals surface area contributed by atoms with Crippen molar-refractivity contribution in [2.24, 2.45) is 0 Å². The molecule has 1 N–H and O–H groups in total. The fourth-order valence-electron chi connectivity index (χ4n) is 2.26. The van der Waals surface area contributed by atoms with Crippen LogP contribution in [0.5, 0.6) is 5.75 Å². The number of phenols is 1. The molecule has 1 unspecified atom stereocenters. The minimum atomic E-state index is 0.0481. The summed E-state index contributed by atoms with van der Waals surface area (Å²) in [6.07, 6.45) is 1.16. The van der Waals surface area contributed by atoms with E-state index in [0.29, 0.717) is 14.3 Å². The first kappa shape index (κ1) is 15.5. The Balaban J connectivity index is 2.39. The van der Waals surface area contributed by atoms with Crippen LogP contribution >= 0.6 is 16.5 Å². The zero-order valence-electron chi connectivity index (χ0n) is 12.6. The maximum Gasteiger partial charge on any atom is 0.123 e. The van der Waals surface area contributed by atoms with E-state index in [9.17, 15) is 5.11 Å². The van der Waals surface area contributed by atoms with E-state index in [1.54, 1.807) is 0 Å². The zero-order valence-corrected chi connectivity index (χ0v) is 14.5. The van der Waals surface area contributed by atoms with Crippen LogP contribution in [0.1, 0.15) is 16.7 Å². The highest BCUT2D eigenvalue weighted by Gasteiger charge is 2.10. The summed E-state index contributed by atoms with van der Waals surface area (Å²) in [4.78, 5) is 0. The molecule has 0 heterocycles. The first-order chi connectivity index (χ1) is 9.47. The van der Waals surface area contributed by atoms with Crippen molar-refractivity contribution in [3.8, 4) is 5.75 Å². The van der Waals surface area contributed by atoms with Crippen LogP contribution in [0.4, 0.5) is 0 Å². The van der Waals surface area contributed by atoms with Gasteiger partial charge in [0.2, 0.25) is 0 Å². The smallest absolute Gasteiger partial charge is 0.123 e. The second kappa shape index (κ2) is 6.70. The third-order valence-corrected chi connectivity index (χ3v) is 5.87. The van der Waals surface area contributed by atoms with Gasteiger partial charge in [-0.15, -0.1) is 7.92 Å². The molecule has 0 saturated heterocycles. The molecule has 3 heteroatoms. The van der Waals surface area contributed by atoms with Gasteiger partial charge < -0.3 is 5.11 Å². The van der Waals surface area contributed by atoms with Crippen molar-refractivity contribution >= 4 is 27.1 Å². The SMILES string of the molecule is Cc1ccc(O)c(Pc2c(C)cccc2CP(C)C)c1. The van der Waals surface area contributed by atoms with Crippen molar-refractivity contribution in [3.63, 3.8) is 0 Å². The molecule has 1 atom stereocenters. The van der Waals surface area contributed by atoms with Gasteiger partial charge in [-0.3, -0.25) is 0 Å². The highest BCUT2D eigenvalue weighted by Crippen LogP contribution is 2.32. The monoisotopic (exact) mass is 304 g/mol. The van der Waals surface area contributed by atoms with Crippen molar-refractivity contribution in [2.75, 3.05) is 13.3 Å². The van der Waals surface area contributed by atoms with Crippen LogP contribution in [0.2, 0.25) is 0 Å². The standard InChI is InChI=1S/C17H22OP2/c1-12-8-9-15(18)16(10-12)19-17-13(2)6-5-7-14(17)11-20(3)4/h5-10,18-19H,11H2,1-4H3. The van der Waals surface area contributed by atoms with Crippen LogP contribution < -0.4 is 10.6 Å². The van der Waals surface area contributed by atoms with Crippen molar-refractivity contribution in [1.82, 2.24) is 0 Å². The van der Waals surface area contributed by atoms with E-state index in [1.807, 2.05) is 12.1 Å². The van der Waals surface area contributed by atoms with E-state index in [-0.39, 0.29) is 7.92 Å². The van der Waals surface area contributed by atoms with Crippen LogP contribution in [0.15, 0.2) is 36.4 Å². The van der Waals surface area contributed by atoms with E-state index in [1.165, 1.54) is 22.0 Å². The Morgan fingerprint density at radius 3 is 2.55 bits per heavy atom. The molecule has 20 heavy (non-hydrogen) atoms. The normalized spacial score (nSPS) is 11.7. The van der Waals surface area contributed by atoms with Crippen molar-refractivity contribution in [1.29, 1.82) is 0 Å². The molecule has 0 aromatic heterocycles. The average molecular weight is 304 g/mol. The molecule has 0 radical (unpaired) electrons. The Labute approximate surface area is 125 Å². The second-order valence-electron chi connectivity index (χ2n) is 5.49. The summed E-state index contributed by atoms with van der Waals surface area (Å²) in [7, 11) is 0.578. The van der Waals surface area contributed by atoms with Gasteiger partial charge in [0.15, 0.2) is 0 Å². The van der Waals surface area contributed by atoms with Gasteiger partial charge in [-0.25, -0.2) is 0 Å². The number of aryl methyl sites for hydroxylation is 2. The first-order valence-electron chi connectivity index (χ1n) is 6.77. The number of rotatable bonds is 4. The number of aromatic hydroxyl groups is 1. The van der Waals surface area contributed by atoms with E-state index < -0.39 is 0 Å². The van der Waals surface area contributed by atoms with Gasteiger partial charge in [0.25, 0.3) is 0 Å². The van der Waals surface area contributed by atoms with Crippen LogP contribution in [-0.2, 0) is 6.16 Å². The number of benzene rings is 2. The lowest BCUT2D eigenvalue weighted by Crippen LogP contribution is -2.12. The lowest BCUT2D eigenvalue weighted by atomic mass is 10.1. The third kappa shape index (κ3) is 3.81. The van der Waals surface area contributed by atoms with E-state index in [4.69, 9.17) is 0 Å². The number of phenolic OH excluding ortho intramolecular Hbond substituents is 1. The fraction of sp³-hybridized carbons (Fsp3) is 0.294. The third-order valence-electron chi connectivity index (χ3n) is 3.26. The Kier molecular flexibility index (Phi) is 5.19. The molecule has 2 aromatic carbocycles. The summed E-state index contributed by atoms with van der Waals surface area (Å²) in [5.74, 6) is 0.415. The minimum Gasteiger partial charge on any atom is -0.507 e. The molecule has 1 nitrogen and oxygen atoms in total. The molecule has 0 amide bonds. The molecule has 0 bridgehead atoms. The minimum absolute atomic E-state index is 0.0481. The number of hydrogen-bond donors (Lipinski definition) is 1. The van der Waals surface area contributed by atoms with Crippen molar-refractivity contribution in [3.05, 3.63) is 53.1 Å². The molecule has 0 aliphatic rings. The predicted octanol–water partition coefficient (Wildman–Crippen LogP) is 3.88. The largest absolute Gasteiger partial charge is 0.507 e. The van der Waals surface area contributed by atoms with Gasteiger partial charge >= 0.3 is 0 Å². The lowest BCUT2D eigenvalue weighted by Gasteiger charge is -2.15. The highest BCUT2D eigenvalue weighted by molar-refractivity contribution is 7.57. The summed E-state index contributed by atoms with van der Waals surface area (Å²) in [5, 5.41) is 12.5. The molecule has 0 saturated carbocycles. The zero-order chi connectivity index (χ0) is 14.7. The Bertz CT molecular complexity index is 606. The molecule has 0 aliphatic heterocycles. The summed E-state index contributed by atoms with van der Waals surface area (Å²) < 4.78 is 0. The van der Waals surface area contributed by atoms with Crippen molar-refractivity contribution < 1.29 is 5.11 Å². The average Bonchev–Trinajstić information content (AvgIpc) is 2.37. The molecule has 0 fully saturated rings. The fourth-order valence-corrected chi connectivity index (χ4v) is 4.75. The van der Waals surface area contributed by atoms with E-state index >= 15 is 0 Å². The molecular formula is C17H22OP2. The van der Waals surface area contributed by atoms with Gasteiger partial charge in [0.05, 0.1) is 0 Å². The maximum absolute atomic E-state index is 10.1. The molecule has 106 valence electrons. The highest BCUT2D eigenvalue weighted by atomic mass is 31.1. The summed E-state index contributed by atoms with van der Waals surface area (Å²) in [6.45, 7) is 8.87. The number of hydrogen-bond acceptors (Lipinski definition) is 1. The topological polar surface area (TPSA) is 20.2 Å². The van der Waals surface area contributed by atoms with Gasteiger partial charge in [-0.2, -0.15) is 0 Å². The van der Waals surface area contributed by atoms with Gasteiger partial charge in [0, 0.05) is 5.30 Å². The molecular weight excluding hydrogens is 282 g/mol. The van der Waals surface area contributed by atoms with Crippen LogP contribution in [-0.4, -0.2) is 18.4 Å². The Morgan fingerprint density at radius 2 is 1.85 bits per heavy atom. The Morgan fingerprint density at radius 1 is 1.10 bits per heavy atom. The van der Waals surface area contributed by atoms with Gasteiger partial charge in [-0.05, 0) is 61.9 Å². The molecule has 0 spiro atoms. The van der Waals surface area contributed by atoms with Crippen LogP contribution in [0, 0.1) is 13.8 Å².